The van der Waals surface area contributed by atoms with Crippen molar-refractivity contribution in [1.29, 1.82) is 0 Å². The number of furan rings is 1. The quantitative estimate of drug-likeness (QED) is 0.356. The molecule has 1 amide bonds. The number of hydrazone groups is 1. The zero-order valence-corrected chi connectivity index (χ0v) is 19.2. The van der Waals surface area contributed by atoms with Crippen LogP contribution in [0.5, 0.6) is 0 Å². The van der Waals surface area contributed by atoms with Crippen molar-refractivity contribution in [3.63, 3.8) is 0 Å². The lowest BCUT2D eigenvalue weighted by Gasteiger charge is -2.19. The van der Waals surface area contributed by atoms with Crippen LogP contribution in [0.15, 0.2) is 75.1 Å². The number of nitrogens with zero attached hydrogens (tertiary/aromatic N) is 6. The molecule has 0 spiro atoms. The summed E-state index contributed by atoms with van der Waals surface area (Å²) in [5.41, 5.74) is 1.89. The van der Waals surface area contributed by atoms with Gasteiger partial charge in [-0.1, -0.05) is 17.8 Å². The Morgan fingerprint density at radius 1 is 1.15 bits per heavy atom. The van der Waals surface area contributed by atoms with Crippen LogP contribution in [0.4, 0.5) is 0 Å². The third-order valence-corrected chi connectivity index (χ3v) is 7.53. The van der Waals surface area contributed by atoms with Crippen LogP contribution in [0.2, 0.25) is 0 Å². The van der Waals surface area contributed by atoms with Gasteiger partial charge in [0.2, 0.25) is 0 Å². The molecule has 4 aromatic heterocycles. The fourth-order valence-electron chi connectivity index (χ4n) is 3.96. The largest absolute Gasteiger partial charge is 0.467 e. The van der Waals surface area contributed by atoms with E-state index in [1.165, 1.54) is 11.8 Å². The third-order valence-electron chi connectivity index (χ3n) is 5.68. The molecular weight excluding hydrogens is 456 g/mol. The smallest absolute Gasteiger partial charge is 0.253 e. The van der Waals surface area contributed by atoms with Crippen LogP contribution >= 0.6 is 23.1 Å². The van der Waals surface area contributed by atoms with Gasteiger partial charge >= 0.3 is 0 Å². The lowest BCUT2D eigenvalue weighted by atomic mass is 10.1. The molecule has 1 atom stereocenters. The van der Waals surface area contributed by atoms with E-state index >= 15 is 0 Å². The molecule has 1 fully saturated rings. The van der Waals surface area contributed by atoms with Gasteiger partial charge in [0.15, 0.2) is 11.0 Å². The zero-order chi connectivity index (χ0) is 22.2. The van der Waals surface area contributed by atoms with Crippen LogP contribution in [-0.4, -0.2) is 42.1 Å². The number of rotatable bonds is 7. The molecule has 166 valence electrons. The number of carbonyl (C=O) groups is 1. The molecule has 8 nitrogen and oxygen atoms in total. The summed E-state index contributed by atoms with van der Waals surface area (Å²) in [4.78, 5) is 18.5. The van der Waals surface area contributed by atoms with Crippen LogP contribution in [0.1, 0.15) is 42.0 Å². The Balaban J connectivity index is 1.23. The molecule has 5 heterocycles. The highest BCUT2D eigenvalue weighted by atomic mass is 32.2. The van der Waals surface area contributed by atoms with Gasteiger partial charge in [0.05, 0.1) is 22.6 Å². The summed E-state index contributed by atoms with van der Waals surface area (Å²) in [5.74, 6) is 1.70. The molecule has 6 rings (SSSR count). The Morgan fingerprint density at radius 2 is 2.03 bits per heavy atom. The molecule has 1 saturated carbocycles. The Kier molecular flexibility index (Phi) is 5.31. The highest BCUT2D eigenvalue weighted by Gasteiger charge is 2.36. The van der Waals surface area contributed by atoms with E-state index in [2.05, 4.69) is 19.7 Å². The minimum atomic E-state index is -0.237. The first-order valence-electron chi connectivity index (χ1n) is 10.7. The molecule has 1 aliphatic carbocycles. The lowest BCUT2D eigenvalue weighted by Crippen LogP contribution is -2.28. The fraction of sp³-hybridized carbons (Fsp3) is 0.261. The maximum Gasteiger partial charge on any atom is 0.253 e. The molecule has 10 heteroatoms. The summed E-state index contributed by atoms with van der Waals surface area (Å²) < 4.78 is 7.79. The van der Waals surface area contributed by atoms with Gasteiger partial charge in [0.1, 0.15) is 11.8 Å². The van der Waals surface area contributed by atoms with Crippen LogP contribution in [0.25, 0.3) is 11.4 Å². The average Bonchev–Trinajstić information content (AvgIpc) is 3.34. The van der Waals surface area contributed by atoms with Gasteiger partial charge in [-0.3, -0.25) is 14.3 Å². The van der Waals surface area contributed by atoms with E-state index in [0.29, 0.717) is 12.5 Å². The predicted octanol–water partition coefficient (Wildman–Crippen LogP) is 4.80. The highest BCUT2D eigenvalue weighted by Crippen LogP contribution is 2.41. The number of aromatic nitrogens is 4. The topological polar surface area (TPSA) is 89.4 Å². The maximum atomic E-state index is 13.3. The van der Waals surface area contributed by atoms with E-state index in [0.717, 1.165) is 45.7 Å². The number of hydrogen-bond donors (Lipinski definition) is 0. The Bertz CT molecular complexity index is 1280. The summed E-state index contributed by atoms with van der Waals surface area (Å²) in [5, 5.41) is 17.9. The molecular formula is C23H20N6O2S2. The first-order chi connectivity index (χ1) is 16.3. The van der Waals surface area contributed by atoms with Crippen molar-refractivity contribution in [1.82, 2.24) is 24.8 Å². The normalized spacial score (nSPS) is 18.0. The van der Waals surface area contributed by atoms with Crippen molar-refractivity contribution < 1.29 is 9.21 Å². The van der Waals surface area contributed by atoms with Crippen molar-refractivity contribution in [3.05, 3.63) is 71.1 Å². The number of amides is 1. The van der Waals surface area contributed by atoms with Crippen molar-refractivity contribution in [2.45, 2.75) is 36.5 Å². The molecule has 0 bridgehead atoms. The lowest BCUT2D eigenvalue weighted by molar-refractivity contribution is -0.130. The molecule has 1 aliphatic heterocycles. The van der Waals surface area contributed by atoms with E-state index in [1.54, 1.807) is 35.0 Å². The van der Waals surface area contributed by atoms with E-state index in [-0.39, 0.29) is 17.7 Å². The molecule has 0 saturated heterocycles. The van der Waals surface area contributed by atoms with Crippen molar-refractivity contribution in [2.75, 3.05) is 5.75 Å². The zero-order valence-electron chi connectivity index (χ0n) is 17.6. The van der Waals surface area contributed by atoms with Gasteiger partial charge in [-0.05, 0) is 48.6 Å². The molecule has 0 N–H and O–H groups in total. The molecule has 0 radical (unpaired) electrons. The predicted molar refractivity (Wildman–Crippen MR) is 126 cm³/mol. The van der Waals surface area contributed by atoms with Crippen LogP contribution in [-0.2, 0) is 4.79 Å². The van der Waals surface area contributed by atoms with Crippen molar-refractivity contribution in [3.8, 4) is 11.4 Å². The van der Waals surface area contributed by atoms with Gasteiger partial charge in [-0.2, -0.15) is 5.10 Å². The van der Waals surface area contributed by atoms with E-state index in [1.807, 2.05) is 41.8 Å². The summed E-state index contributed by atoms with van der Waals surface area (Å²) in [6, 6.07) is 11.8. The second kappa shape index (κ2) is 8.60. The fourth-order valence-corrected chi connectivity index (χ4v) is 5.54. The Hall–Kier alpha value is -3.24. The minimum Gasteiger partial charge on any atom is -0.467 e. The van der Waals surface area contributed by atoms with E-state index in [9.17, 15) is 4.79 Å². The number of pyridine rings is 1. The Labute approximate surface area is 198 Å². The Morgan fingerprint density at radius 3 is 2.76 bits per heavy atom. The third kappa shape index (κ3) is 4.00. The maximum absolute atomic E-state index is 13.3. The van der Waals surface area contributed by atoms with E-state index < -0.39 is 0 Å². The minimum absolute atomic E-state index is 0.0798. The van der Waals surface area contributed by atoms with E-state index in [4.69, 9.17) is 9.52 Å². The van der Waals surface area contributed by atoms with Gasteiger partial charge in [-0.15, -0.1) is 21.5 Å². The van der Waals surface area contributed by atoms with Gasteiger partial charge in [-0.25, -0.2) is 5.01 Å². The number of hydrogen-bond acceptors (Lipinski definition) is 8. The first-order valence-corrected chi connectivity index (χ1v) is 12.6. The van der Waals surface area contributed by atoms with Crippen LogP contribution < -0.4 is 0 Å². The van der Waals surface area contributed by atoms with Crippen LogP contribution in [0.3, 0.4) is 0 Å². The number of thiophene rings is 1. The van der Waals surface area contributed by atoms with Crippen molar-refractivity contribution in [2.24, 2.45) is 5.10 Å². The molecule has 2 aliphatic rings. The number of thioether (sulfide) groups is 1. The van der Waals surface area contributed by atoms with Crippen molar-refractivity contribution >= 4 is 34.7 Å². The second-order valence-corrected chi connectivity index (χ2v) is 9.82. The molecule has 0 aromatic carbocycles. The van der Waals surface area contributed by atoms with Crippen LogP contribution in [0, 0.1) is 0 Å². The standard InChI is InChI=1S/C23H20N6O2S2/c30-21(29-18(19-3-1-11-31-19)13-17(27-29)20-4-2-12-32-20)14-33-23-26-25-22(28(23)16-5-6-16)15-7-9-24-10-8-15/h1-4,7-12,16,18H,5-6,13-14H2/t18-/m0/s1. The summed E-state index contributed by atoms with van der Waals surface area (Å²) in [7, 11) is 0. The average molecular weight is 477 g/mol. The summed E-state index contributed by atoms with van der Waals surface area (Å²) >= 11 is 3.03. The summed E-state index contributed by atoms with van der Waals surface area (Å²) in [6.07, 6.45) is 7.97. The highest BCUT2D eigenvalue weighted by molar-refractivity contribution is 7.99. The molecule has 0 unspecified atom stereocenters. The molecule has 33 heavy (non-hydrogen) atoms. The summed E-state index contributed by atoms with van der Waals surface area (Å²) in [6.45, 7) is 0. The number of carbonyl (C=O) groups excluding carboxylic acids is 1. The van der Waals surface area contributed by atoms with Gasteiger partial charge < -0.3 is 4.42 Å². The molecule has 4 aromatic rings. The van der Waals surface area contributed by atoms with Gasteiger partial charge in [0.25, 0.3) is 5.91 Å². The second-order valence-electron chi connectivity index (χ2n) is 7.93. The monoisotopic (exact) mass is 476 g/mol. The first kappa shape index (κ1) is 20.4. The SMILES string of the molecule is O=C(CSc1nnc(-c2ccncc2)n1C1CC1)N1N=C(c2cccs2)C[C@H]1c1ccco1. The van der Waals surface area contributed by atoms with Gasteiger partial charge in [0, 0.05) is 30.4 Å².